The predicted molar refractivity (Wildman–Crippen MR) is 238 cm³/mol. The molecule has 7 rings (SSSR count). The molecule has 2 fully saturated rings. The van der Waals surface area contributed by atoms with Gasteiger partial charge < -0.3 is 26.2 Å². The molecule has 1 aromatic heterocycles. The molecule has 1 saturated heterocycles. The first-order chi connectivity index (χ1) is 28.8. The third kappa shape index (κ3) is 11.6. The van der Waals surface area contributed by atoms with Gasteiger partial charge in [0, 0.05) is 25.2 Å². The lowest BCUT2D eigenvalue weighted by Crippen LogP contribution is -2.55. The summed E-state index contributed by atoms with van der Waals surface area (Å²) in [6.07, 6.45) is 20.9. The third-order valence-electron chi connectivity index (χ3n) is 13.0. The molecule has 0 spiro atoms. The van der Waals surface area contributed by atoms with Gasteiger partial charge in [0.15, 0.2) is 17.3 Å². The SMILES string of the molecule is COc1cc(C=CC(=O)CC(=O)CCCCC[C@H]2[C@H]3CCNC[C@@H]3C[C@H]3C=CCN[C@@H]23)c(Cc2cnc(N)cc2CCc2cccc(CCc3ccccc3)c2)cc1O. The molecule has 0 amide bonds. The van der Waals surface area contributed by atoms with Crippen LogP contribution in [-0.4, -0.2) is 54.4 Å². The number of pyridine rings is 1. The van der Waals surface area contributed by atoms with Crippen molar-refractivity contribution in [2.75, 3.05) is 32.5 Å². The number of aromatic nitrogens is 1. The van der Waals surface area contributed by atoms with Crippen LogP contribution in [0.1, 0.15) is 90.3 Å². The molecule has 0 bridgehead atoms. The van der Waals surface area contributed by atoms with Crippen molar-refractivity contribution in [1.82, 2.24) is 15.6 Å². The second-order valence-electron chi connectivity index (χ2n) is 17.0. The number of unbranched alkanes of at least 4 members (excludes halogenated alkanes) is 2. The zero-order valence-corrected chi connectivity index (χ0v) is 34.7. The van der Waals surface area contributed by atoms with E-state index in [1.54, 1.807) is 24.4 Å². The molecular weight excluding hydrogens is 733 g/mol. The number of benzene rings is 3. The predicted octanol–water partition coefficient (Wildman–Crippen LogP) is 8.42. The number of ketones is 2. The van der Waals surface area contributed by atoms with Crippen LogP contribution in [0.15, 0.2) is 97.2 Å². The van der Waals surface area contributed by atoms with Gasteiger partial charge in [0.2, 0.25) is 0 Å². The van der Waals surface area contributed by atoms with E-state index in [1.807, 2.05) is 12.1 Å². The molecule has 5 atom stereocenters. The van der Waals surface area contributed by atoms with Gasteiger partial charge in [-0.2, -0.15) is 0 Å². The Morgan fingerprint density at radius 2 is 1.71 bits per heavy atom. The molecule has 8 heteroatoms. The van der Waals surface area contributed by atoms with Crippen molar-refractivity contribution in [3.8, 4) is 11.5 Å². The summed E-state index contributed by atoms with van der Waals surface area (Å²) in [6, 6.07) is 25.3. The number of nitrogens with zero attached hydrogens (tertiary/aromatic N) is 1. The van der Waals surface area contributed by atoms with E-state index in [9.17, 15) is 14.7 Å². The van der Waals surface area contributed by atoms with Crippen molar-refractivity contribution in [2.24, 2.45) is 23.7 Å². The van der Waals surface area contributed by atoms with E-state index in [1.165, 1.54) is 49.1 Å². The molecule has 0 radical (unpaired) electrons. The lowest BCUT2D eigenvalue weighted by atomic mass is 9.61. The number of aryl methyl sites for hydroxylation is 4. The fourth-order valence-corrected chi connectivity index (χ4v) is 9.98. The number of fused-ring (bicyclic) bond motifs is 2. The molecule has 3 aromatic carbocycles. The zero-order chi connectivity index (χ0) is 41.0. The van der Waals surface area contributed by atoms with Crippen LogP contribution < -0.4 is 21.1 Å². The van der Waals surface area contributed by atoms with Crippen LogP contribution >= 0.6 is 0 Å². The number of anilines is 1. The minimum atomic E-state index is -0.226. The van der Waals surface area contributed by atoms with E-state index >= 15 is 0 Å². The number of rotatable bonds is 19. The van der Waals surface area contributed by atoms with Crippen molar-refractivity contribution in [1.29, 1.82) is 0 Å². The monoisotopic (exact) mass is 794 g/mol. The lowest BCUT2D eigenvalue weighted by molar-refractivity contribution is -0.124. The van der Waals surface area contributed by atoms with E-state index < -0.39 is 0 Å². The number of phenols is 1. The number of Topliss-reactive ketones (excluding diaryl/α,β-unsaturated/α-hetero) is 1. The minimum Gasteiger partial charge on any atom is -0.504 e. The summed E-state index contributed by atoms with van der Waals surface area (Å²) in [5.74, 6) is 3.42. The molecule has 1 aliphatic carbocycles. The Bertz CT molecular complexity index is 2090. The number of ether oxygens (including phenoxy) is 1. The Labute approximate surface area is 350 Å². The maximum atomic E-state index is 13.1. The number of nitrogens with two attached hydrogens (primary N) is 1. The van der Waals surface area contributed by atoms with Gasteiger partial charge in [-0.25, -0.2) is 4.98 Å². The van der Waals surface area contributed by atoms with Crippen LogP contribution in [0.2, 0.25) is 0 Å². The van der Waals surface area contributed by atoms with E-state index in [0.717, 1.165) is 98.7 Å². The van der Waals surface area contributed by atoms with E-state index in [2.05, 4.69) is 76.3 Å². The number of aromatic hydroxyl groups is 1. The average molecular weight is 795 g/mol. The van der Waals surface area contributed by atoms with Crippen LogP contribution in [0.4, 0.5) is 5.82 Å². The number of nitrogens with one attached hydrogen (secondary N) is 2. The molecule has 5 N–H and O–H groups in total. The van der Waals surface area contributed by atoms with Crippen LogP contribution in [0.3, 0.4) is 0 Å². The summed E-state index contributed by atoms with van der Waals surface area (Å²) in [7, 11) is 1.50. The smallest absolute Gasteiger partial charge is 0.163 e. The highest BCUT2D eigenvalue weighted by Gasteiger charge is 2.44. The molecular formula is C51H62N4O4. The number of piperidine rings is 1. The molecule has 1 saturated carbocycles. The van der Waals surface area contributed by atoms with Crippen LogP contribution in [-0.2, 0) is 41.7 Å². The van der Waals surface area contributed by atoms with Crippen molar-refractivity contribution in [3.05, 3.63) is 136 Å². The van der Waals surface area contributed by atoms with Crippen LogP contribution in [0.25, 0.3) is 6.08 Å². The molecule has 59 heavy (non-hydrogen) atoms. The molecule has 0 unspecified atom stereocenters. The van der Waals surface area contributed by atoms with Gasteiger partial charge in [-0.05, 0) is 158 Å². The molecule has 4 aromatic rings. The van der Waals surface area contributed by atoms with Crippen molar-refractivity contribution in [2.45, 2.75) is 89.5 Å². The number of allylic oxidation sites excluding steroid dienone is 1. The summed E-state index contributed by atoms with van der Waals surface area (Å²) in [5.41, 5.74) is 13.7. The number of nitrogen functional groups attached to an aromatic ring is 1. The number of carbonyl (C=O) groups is 2. The van der Waals surface area contributed by atoms with Crippen molar-refractivity contribution < 1.29 is 19.4 Å². The van der Waals surface area contributed by atoms with Gasteiger partial charge in [-0.15, -0.1) is 0 Å². The van der Waals surface area contributed by atoms with Gasteiger partial charge in [-0.1, -0.05) is 85.7 Å². The Balaban J connectivity index is 0.925. The largest absolute Gasteiger partial charge is 0.504 e. The van der Waals surface area contributed by atoms with E-state index in [-0.39, 0.29) is 23.7 Å². The lowest BCUT2D eigenvalue weighted by Gasteiger charge is -2.50. The number of methoxy groups -OCH3 is 1. The van der Waals surface area contributed by atoms with Crippen LogP contribution in [0.5, 0.6) is 11.5 Å². The number of hydrogen-bond donors (Lipinski definition) is 4. The number of phenolic OH excluding ortho intramolecular Hbond substituents is 1. The van der Waals surface area contributed by atoms with Crippen molar-refractivity contribution >= 4 is 23.5 Å². The third-order valence-corrected chi connectivity index (χ3v) is 13.0. The molecule has 3 aliphatic rings. The highest BCUT2D eigenvalue weighted by Crippen LogP contribution is 2.45. The second kappa shape index (κ2) is 20.8. The maximum absolute atomic E-state index is 13.1. The van der Waals surface area contributed by atoms with Gasteiger partial charge in [-0.3, -0.25) is 9.59 Å². The van der Waals surface area contributed by atoms with Gasteiger partial charge in [0.05, 0.1) is 13.5 Å². The maximum Gasteiger partial charge on any atom is 0.163 e. The Hall–Kier alpha value is -5.05. The summed E-state index contributed by atoms with van der Waals surface area (Å²) in [4.78, 5) is 30.5. The minimum absolute atomic E-state index is 0.0160. The first kappa shape index (κ1) is 42.1. The van der Waals surface area contributed by atoms with Crippen LogP contribution in [0, 0.1) is 23.7 Å². The summed E-state index contributed by atoms with van der Waals surface area (Å²) in [5, 5.41) is 18.2. The highest BCUT2D eigenvalue weighted by molar-refractivity contribution is 6.06. The summed E-state index contributed by atoms with van der Waals surface area (Å²) >= 11 is 0. The molecule has 3 heterocycles. The van der Waals surface area contributed by atoms with Crippen molar-refractivity contribution in [3.63, 3.8) is 0 Å². The zero-order valence-electron chi connectivity index (χ0n) is 34.7. The van der Waals surface area contributed by atoms with Gasteiger partial charge >= 0.3 is 0 Å². The average Bonchev–Trinajstić information content (AvgIpc) is 3.25. The fourth-order valence-electron chi connectivity index (χ4n) is 9.98. The normalized spacial score (nSPS) is 21.2. The first-order valence-corrected chi connectivity index (χ1v) is 21.9. The van der Waals surface area contributed by atoms with E-state index in [0.29, 0.717) is 42.3 Å². The number of carbonyl (C=O) groups excluding carboxylic acids is 2. The standard InChI is InChI=1S/C51H62N4O4/c1-59-49-30-38(21-22-45(57)32-44(56)15-6-3-7-16-47-46-23-25-53-33-43(46)27-40-14-9-24-54-51(40)47)41(29-48(49)58)28-42-34-55-50(52)31-39(42)20-19-37-13-8-12-36(26-37)18-17-35-10-4-2-5-11-35/h2,4-5,8-14,21-22,26,29-31,34,40,43,46-47,51,53-54,58H,3,6-7,15-20,23-25,27-28,32-33H2,1H3,(H2,52,55)/t40-,43+,46+,47+,51-/m1/s1. The Morgan fingerprint density at radius 1 is 0.915 bits per heavy atom. The molecule has 8 nitrogen and oxygen atoms in total. The Morgan fingerprint density at radius 3 is 2.54 bits per heavy atom. The Kier molecular flexibility index (Phi) is 14.8. The fraction of sp³-hybridized carbons (Fsp3) is 0.431. The highest BCUT2D eigenvalue weighted by atomic mass is 16.5. The molecule has 310 valence electrons. The first-order valence-electron chi connectivity index (χ1n) is 21.9. The van der Waals surface area contributed by atoms with Gasteiger partial charge in [0.25, 0.3) is 0 Å². The number of hydrogen-bond acceptors (Lipinski definition) is 8. The summed E-state index contributed by atoms with van der Waals surface area (Å²) < 4.78 is 5.44. The van der Waals surface area contributed by atoms with Gasteiger partial charge in [0.1, 0.15) is 11.6 Å². The molecule has 2 aliphatic heterocycles. The quantitative estimate of drug-likeness (QED) is 0.0323. The summed E-state index contributed by atoms with van der Waals surface area (Å²) in [6.45, 7) is 3.24. The topological polar surface area (TPSA) is 127 Å². The second-order valence-corrected chi connectivity index (χ2v) is 17.0. The van der Waals surface area contributed by atoms with E-state index in [4.69, 9.17) is 10.5 Å².